The Hall–Kier alpha value is -4.10. The number of methoxy groups -OCH3 is 1. The monoisotopic (exact) mass is 864 g/mol. The number of nitro groups is 1. The number of esters is 1. The van der Waals surface area contributed by atoms with Crippen molar-refractivity contribution in [2.24, 2.45) is 17.8 Å². The molecule has 18 heteroatoms. The molecule has 0 radical (unpaired) electrons. The van der Waals surface area contributed by atoms with Gasteiger partial charge in [0.25, 0.3) is 11.4 Å². The number of cyclic esters (lactones) is 1. The second-order valence-corrected chi connectivity index (χ2v) is 17.5. The molecule has 0 saturated carbocycles. The lowest BCUT2D eigenvalue weighted by Crippen LogP contribution is -2.62. The summed E-state index contributed by atoms with van der Waals surface area (Å²) in [6, 6.07) is 4.77. The van der Waals surface area contributed by atoms with Gasteiger partial charge in [-0.05, 0) is 71.9 Å². The lowest BCUT2D eigenvalue weighted by atomic mass is 9.73. The summed E-state index contributed by atoms with van der Waals surface area (Å²) in [6.07, 6.45) is -3.52. The van der Waals surface area contributed by atoms with Crippen LogP contribution in [-0.2, 0) is 44.6 Å². The molecule has 1 aromatic carbocycles. The predicted octanol–water partition coefficient (Wildman–Crippen LogP) is 5.62. The van der Waals surface area contributed by atoms with Crippen molar-refractivity contribution in [3.63, 3.8) is 0 Å². The molecule has 2 N–H and O–H groups in total. The summed E-state index contributed by atoms with van der Waals surface area (Å²) < 4.78 is 62.3. The molecule has 1 unspecified atom stereocenters. The fraction of sp³-hybridized carbons (Fsp3) is 0.721. The number of hydrogen-bond donors (Lipinski definition) is 2. The van der Waals surface area contributed by atoms with Gasteiger partial charge >= 0.3 is 12.1 Å². The summed E-state index contributed by atoms with van der Waals surface area (Å²) in [5, 5.41) is 26.3. The van der Waals surface area contributed by atoms with E-state index in [0.29, 0.717) is 31.2 Å². The van der Waals surface area contributed by atoms with Crippen LogP contribution in [-0.4, -0.2) is 130 Å². The first-order valence-corrected chi connectivity index (χ1v) is 21.2. The second kappa shape index (κ2) is 19.1. The van der Waals surface area contributed by atoms with Crippen molar-refractivity contribution in [1.82, 2.24) is 14.8 Å². The Labute approximate surface area is 355 Å². The van der Waals surface area contributed by atoms with Gasteiger partial charge in [0.1, 0.15) is 24.7 Å². The van der Waals surface area contributed by atoms with Crippen LogP contribution in [0.1, 0.15) is 87.5 Å². The fourth-order valence-electron chi connectivity index (χ4n) is 9.73. The average Bonchev–Trinajstić information content (AvgIpc) is 3.75. The van der Waals surface area contributed by atoms with Gasteiger partial charge in [-0.2, -0.15) is 0 Å². The standard InChI is InChI=1S/C43H62F2N4O12/c1-10-32-43(8)35(48(40(54)61-43)19-12-11-18-47-20-15-28-22-29(49(55)56)13-14-31(28)47)26(4)33(50)24(2)23-41(6,57-9)37(27(5)36(52)42(7,45)39(53)59-32)60-38-34(51)30(46-17-16-44)21-25(3)58-38/h13-15,20,22,24-27,30,32,34-35,37-38,46,51H,10-12,16-19,21,23H2,1-9H3/t24-,25-,26+,27-,30+,32-,34+,35?,37-,38+,41-,42+,43-/m1/s1. The van der Waals surface area contributed by atoms with E-state index in [1.807, 2.05) is 10.8 Å². The van der Waals surface area contributed by atoms with Gasteiger partial charge in [0.15, 0.2) is 17.7 Å². The van der Waals surface area contributed by atoms with Gasteiger partial charge in [-0.25, -0.2) is 18.4 Å². The molecular formula is C43H62F2N4O12. The van der Waals surface area contributed by atoms with Gasteiger partial charge in [0, 0.05) is 79.8 Å². The van der Waals surface area contributed by atoms with Gasteiger partial charge in [-0.3, -0.25) is 19.7 Å². The normalized spacial score (nSPS) is 36.7. The molecule has 0 bridgehead atoms. The number of ether oxygens (including phenoxy) is 5. The number of aliphatic hydroxyl groups excluding tert-OH is 1. The number of nitrogens with one attached hydrogen (secondary N) is 1. The van der Waals surface area contributed by atoms with Crippen molar-refractivity contribution >= 4 is 40.2 Å². The number of ketones is 2. The van der Waals surface area contributed by atoms with E-state index >= 15 is 4.39 Å². The van der Waals surface area contributed by atoms with E-state index < -0.39 is 107 Å². The van der Waals surface area contributed by atoms with E-state index in [1.165, 1.54) is 31.1 Å². The minimum Gasteiger partial charge on any atom is -0.455 e. The van der Waals surface area contributed by atoms with Crippen molar-refractivity contribution in [3.05, 3.63) is 40.6 Å². The van der Waals surface area contributed by atoms with Crippen molar-refractivity contribution in [2.45, 2.75) is 154 Å². The summed E-state index contributed by atoms with van der Waals surface area (Å²) in [4.78, 5) is 69.0. The number of rotatable bonds is 13. The molecule has 1 amide bonds. The number of unbranched alkanes of at least 4 members (excludes halogenated alkanes) is 1. The summed E-state index contributed by atoms with van der Waals surface area (Å²) in [6.45, 7) is 12.0. The van der Waals surface area contributed by atoms with E-state index in [4.69, 9.17) is 23.7 Å². The Kier molecular flexibility index (Phi) is 15.0. The number of nitrogens with zero attached hydrogens (tertiary/aromatic N) is 3. The first kappa shape index (κ1) is 47.9. The quantitative estimate of drug-likeness (QED) is 0.0828. The highest BCUT2D eigenvalue weighted by atomic mass is 19.1. The van der Waals surface area contributed by atoms with Crippen molar-refractivity contribution in [1.29, 1.82) is 0 Å². The number of carbonyl (C=O) groups is 4. The van der Waals surface area contributed by atoms with Crippen LogP contribution in [0.3, 0.4) is 0 Å². The number of nitro benzene ring substituents is 1. The first-order chi connectivity index (χ1) is 28.6. The zero-order valence-electron chi connectivity index (χ0n) is 36.6. The number of Topliss-reactive ketones (excluding diaryl/α,β-unsaturated/α-hetero) is 2. The third-order valence-corrected chi connectivity index (χ3v) is 13.1. The highest BCUT2D eigenvalue weighted by molar-refractivity contribution is 6.08. The van der Waals surface area contributed by atoms with Crippen LogP contribution in [0.15, 0.2) is 30.5 Å². The maximum Gasteiger partial charge on any atom is 0.410 e. The molecule has 0 aliphatic carbocycles. The molecule has 61 heavy (non-hydrogen) atoms. The number of hydrogen-bond acceptors (Lipinski definition) is 13. The van der Waals surface area contributed by atoms with E-state index in [9.17, 15) is 38.8 Å². The van der Waals surface area contributed by atoms with Crippen LogP contribution < -0.4 is 5.32 Å². The number of aromatic nitrogens is 1. The molecule has 3 aliphatic heterocycles. The average molecular weight is 865 g/mol. The lowest BCUT2D eigenvalue weighted by Gasteiger charge is -2.46. The fourth-order valence-corrected chi connectivity index (χ4v) is 9.73. The Bertz CT molecular complexity index is 1930. The highest BCUT2D eigenvalue weighted by Crippen LogP contribution is 2.44. The van der Waals surface area contributed by atoms with Crippen LogP contribution >= 0.6 is 0 Å². The van der Waals surface area contributed by atoms with Gasteiger partial charge < -0.3 is 43.6 Å². The minimum atomic E-state index is -3.24. The molecular weight excluding hydrogens is 802 g/mol. The Morgan fingerprint density at radius 3 is 2.38 bits per heavy atom. The highest BCUT2D eigenvalue weighted by Gasteiger charge is 2.61. The number of alkyl halides is 2. The topological polar surface area (TPSA) is 198 Å². The van der Waals surface area contributed by atoms with Gasteiger partial charge in [-0.1, -0.05) is 27.7 Å². The predicted molar refractivity (Wildman–Crippen MR) is 218 cm³/mol. The maximum absolute atomic E-state index is 16.9. The molecule has 3 saturated heterocycles. The molecule has 13 atom stereocenters. The first-order valence-electron chi connectivity index (χ1n) is 21.2. The van der Waals surface area contributed by atoms with Crippen LogP contribution in [0, 0.1) is 27.9 Å². The molecule has 3 aliphatic rings. The SMILES string of the molecule is CC[C@H]1OC(=O)[C@@](C)(F)C(=O)[C@@H](C)[C@@H](O[C@@H]2O[C@H](C)C[C@H](NCCF)[C@@H]2O)[C@](C)(OC)C[C@@H](C)C(=O)[C@H](C)C2N(CCCCn3ccc4cc([N+](=O)[O-])ccc43)C(=O)O[C@@]21C. The number of non-ortho nitro benzene ring substituents is 1. The van der Waals surface area contributed by atoms with Gasteiger partial charge in [0.05, 0.1) is 28.8 Å². The van der Waals surface area contributed by atoms with Crippen molar-refractivity contribution in [3.8, 4) is 0 Å². The molecule has 3 fully saturated rings. The minimum absolute atomic E-state index is 0.0165. The summed E-state index contributed by atoms with van der Waals surface area (Å²) in [7, 11) is 1.35. The number of amides is 1. The second-order valence-electron chi connectivity index (χ2n) is 17.5. The van der Waals surface area contributed by atoms with E-state index in [2.05, 4.69) is 5.32 Å². The van der Waals surface area contributed by atoms with Crippen LogP contribution in [0.5, 0.6) is 0 Å². The largest absolute Gasteiger partial charge is 0.455 e. The Balaban J connectivity index is 1.46. The van der Waals surface area contributed by atoms with Crippen LogP contribution in [0.25, 0.3) is 10.9 Å². The Morgan fingerprint density at radius 2 is 1.74 bits per heavy atom. The number of fused-ring (bicyclic) bond motifs is 2. The lowest BCUT2D eigenvalue weighted by molar-refractivity contribution is -0.384. The van der Waals surface area contributed by atoms with Crippen molar-refractivity contribution < 1.29 is 61.7 Å². The number of benzene rings is 1. The van der Waals surface area contributed by atoms with E-state index in [-0.39, 0.29) is 37.4 Å². The number of halogens is 2. The van der Waals surface area contributed by atoms with E-state index in [0.717, 1.165) is 12.4 Å². The molecule has 1 aromatic heterocycles. The molecule has 5 rings (SSSR count). The smallest absolute Gasteiger partial charge is 0.410 e. The van der Waals surface area contributed by atoms with Gasteiger partial charge in [-0.15, -0.1) is 0 Å². The van der Waals surface area contributed by atoms with Crippen molar-refractivity contribution in [2.75, 3.05) is 26.9 Å². The summed E-state index contributed by atoms with van der Waals surface area (Å²) in [5.74, 6) is -6.20. The number of aliphatic hydroxyl groups is 1. The number of aryl methyl sites for hydroxylation is 1. The summed E-state index contributed by atoms with van der Waals surface area (Å²) >= 11 is 0. The molecule has 340 valence electrons. The molecule has 2 aromatic rings. The molecule has 4 heterocycles. The van der Waals surface area contributed by atoms with Gasteiger partial charge in [0.2, 0.25) is 0 Å². The third-order valence-electron chi connectivity index (χ3n) is 13.1. The summed E-state index contributed by atoms with van der Waals surface area (Å²) in [5.41, 5.74) is -5.64. The molecule has 16 nitrogen and oxygen atoms in total. The zero-order valence-corrected chi connectivity index (χ0v) is 36.6. The van der Waals surface area contributed by atoms with Crippen LogP contribution in [0.2, 0.25) is 0 Å². The zero-order chi connectivity index (χ0) is 45.2. The van der Waals surface area contributed by atoms with Crippen LogP contribution in [0.4, 0.5) is 19.3 Å². The third kappa shape index (κ3) is 9.62. The Morgan fingerprint density at radius 1 is 1.05 bits per heavy atom. The van der Waals surface area contributed by atoms with E-state index in [1.54, 1.807) is 53.7 Å². The maximum atomic E-state index is 16.9. The number of carbonyl (C=O) groups excluding carboxylic acids is 4. The molecule has 0 spiro atoms.